The molecule has 37 heavy (non-hydrogen) atoms. The smallest absolute Gasteiger partial charge is 0.415 e. The number of carboxylic acid groups (broad SMARTS) is 1. The van der Waals surface area contributed by atoms with Crippen molar-refractivity contribution >= 4 is 41.3 Å². The van der Waals surface area contributed by atoms with Crippen molar-refractivity contribution in [1.82, 2.24) is 15.5 Å². The predicted molar refractivity (Wildman–Crippen MR) is 130 cm³/mol. The Bertz CT molecular complexity index is 1210. The first-order valence-electron chi connectivity index (χ1n) is 11.6. The molecular formula is C25H28ClN4O7+. The number of halogens is 1. The fourth-order valence-corrected chi connectivity index (χ4v) is 4.54. The van der Waals surface area contributed by atoms with Gasteiger partial charge in [0.25, 0.3) is 12.6 Å². The molecule has 1 aromatic carbocycles. The van der Waals surface area contributed by atoms with E-state index < -0.39 is 42.5 Å². The Kier molecular flexibility index (Phi) is 9.18. The third-order valence-electron chi connectivity index (χ3n) is 6.12. The van der Waals surface area contributed by atoms with Crippen LogP contribution < -0.4 is 15.2 Å². The lowest BCUT2D eigenvalue weighted by Gasteiger charge is -2.43. The van der Waals surface area contributed by atoms with Gasteiger partial charge in [-0.15, -0.1) is 0 Å². The number of aliphatic carboxylic acids is 1. The normalized spacial score (nSPS) is 17.0. The van der Waals surface area contributed by atoms with E-state index in [9.17, 15) is 24.0 Å². The van der Waals surface area contributed by atoms with Gasteiger partial charge in [-0.05, 0) is 31.4 Å². The van der Waals surface area contributed by atoms with Crippen molar-refractivity contribution in [2.75, 3.05) is 20.1 Å². The van der Waals surface area contributed by atoms with E-state index in [-0.39, 0.29) is 18.1 Å². The van der Waals surface area contributed by atoms with Crippen molar-refractivity contribution in [1.29, 1.82) is 0 Å². The van der Waals surface area contributed by atoms with E-state index in [2.05, 4.69) is 10.6 Å². The number of hydrogen-bond donors (Lipinski definition) is 3. The van der Waals surface area contributed by atoms with Crippen molar-refractivity contribution in [3.8, 4) is 0 Å². The summed E-state index contributed by atoms with van der Waals surface area (Å²) in [4.78, 5) is 62.0. The molecule has 1 aliphatic rings. The molecule has 1 aromatic heterocycles. The van der Waals surface area contributed by atoms with Gasteiger partial charge in [0.2, 0.25) is 5.91 Å². The SMILES string of the molecule is CN(C(=O)OC[n+]1cccc(C(=O)NCC(=O)NCC(=O)O)c1)C1(c2ccccc2Cl)CCCCC1=O. The Morgan fingerprint density at radius 3 is 2.57 bits per heavy atom. The number of carbonyl (C=O) groups is 5. The third kappa shape index (κ3) is 6.62. The van der Waals surface area contributed by atoms with Crippen molar-refractivity contribution in [3.63, 3.8) is 0 Å². The first kappa shape index (κ1) is 27.6. The highest BCUT2D eigenvalue weighted by Gasteiger charge is 2.48. The molecule has 0 spiro atoms. The zero-order chi connectivity index (χ0) is 27.0. The lowest BCUT2D eigenvalue weighted by molar-refractivity contribution is -0.727. The molecule has 11 nitrogen and oxygen atoms in total. The molecule has 1 saturated carbocycles. The van der Waals surface area contributed by atoms with Crippen molar-refractivity contribution in [2.45, 2.75) is 38.0 Å². The van der Waals surface area contributed by atoms with Crippen molar-refractivity contribution in [3.05, 3.63) is 64.9 Å². The van der Waals surface area contributed by atoms with Crippen LogP contribution >= 0.6 is 11.6 Å². The van der Waals surface area contributed by atoms with Gasteiger partial charge in [-0.25, -0.2) is 4.79 Å². The minimum Gasteiger partial charge on any atom is -0.480 e. The van der Waals surface area contributed by atoms with Gasteiger partial charge in [0.1, 0.15) is 17.6 Å². The maximum absolute atomic E-state index is 13.2. The lowest BCUT2D eigenvalue weighted by atomic mass is 9.74. The molecule has 0 aliphatic heterocycles. The second-order valence-corrected chi connectivity index (χ2v) is 8.94. The number of likely N-dealkylation sites (N-methyl/N-ethyl adjacent to an activating group) is 1. The number of Topliss-reactive ketones (excluding diaryl/α,β-unsaturated/α-hetero) is 1. The number of rotatable bonds is 9. The van der Waals surface area contributed by atoms with Crippen LogP contribution in [0.15, 0.2) is 48.8 Å². The molecule has 1 aliphatic carbocycles. The van der Waals surface area contributed by atoms with Crippen LogP contribution in [0.5, 0.6) is 0 Å². The molecule has 3 rings (SSSR count). The standard InChI is InChI=1S/C25H27ClN4O7/c1-29(25(11-5-4-10-20(25)31)18-8-2-3-9-19(18)26)24(36)37-16-30-12-6-7-17(15-30)23(35)28-13-21(32)27-14-22(33)34/h2-3,6-9,12,15H,4-5,10-11,13-14,16H2,1H3,(H2-,27,28,32,33,34,35)/p+1. The van der Waals surface area contributed by atoms with Gasteiger partial charge in [0, 0.05) is 30.1 Å². The molecule has 1 atom stereocenters. The van der Waals surface area contributed by atoms with Crippen LogP contribution in [-0.4, -0.2) is 59.8 Å². The van der Waals surface area contributed by atoms with Gasteiger partial charge in [-0.1, -0.05) is 29.8 Å². The highest BCUT2D eigenvalue weighted by molar-refractivity contribution is 6.31. The first-order chi connectivity index (χ1) is 17.6. The molecule has 1 fully saturated rings. The monoisotopic (exact) mass is 531 g/mol. The fourth-order valence-electron chi connectivity index (χ4n) is 4.25. The summed E-state index contributed by atoms with van der Waals surface area (Å²) in [6.07, 6.45) is 4.50. The van der Waals surface area contributed by atoms with Crippen LogP contribution in [0, 0.1) is 0 Å². The molecule has 0 radical (unpaired) electrons. The average Bonchev–Trinajstić information content (AvgIpc) is 2.89. The van der Waals surface area contributed by atoms with Crippen LogP contribution in [0.2, 0.25) is 5.02 Å². The summed E-state index contributed by atoms with van der Waals surface area (Å²) in [5, 5.41) is 13.5. The Morgan fingerprint density at radius 1 is 1.11 bits per heavy atom. The maximum Gasteiger partial charge on any atom is 0.415 e. The molecule has 3 amide bonds. The van der Waals surface area contributed by atoms with E-state index in [4.69, 9.17) is 21.4 Å². The van der Waals surface area contributed by atoms with Crippen LogP contribution in [0.3, 0.4) is 0 Å². The molecule has 0 bridgehead atoms. The number of carboxylic acids is 1. The summed E-state index contributed by atoms with van der Waals surface area (Å²) >= 11 is 6.43. The molecule has 3 N–H and O–H groups in total. The van der Waals surface area contributed by atoms with Gasteiger partial charge in [0.05, 0.1) is 6.54 Å². The van der Waals surface area contributed by atoms with E-state index in [0.717, 1.165) is 12.8 Å². The number of amides is 3. The Balaban J connectivity index is 1.66. The minimum absolute atomic E-state index is 0.106. The summed E-state index contributed by atoms with van der Waals surface area (Å²) in [5.74, 6) is -2.53. The van der Waals surface area contributed by atoms with Gasteiger partial charge in [-0.3, -0.25) is 24.1 Å². The van der Waals surface area contributed by atoms with E-state index in [1.54, 1.807) is 36.5 Å². The second-order valence-electron chi connectivity index (χ2n) is 8.53. The molecule has 2 aromatic rings. The second kappa shape index (κ2) is 12.3. The third-order valence-corrected chi connectivity index (χ3v) is 6.45. The Morgan fingerprint density at radius 2 is 1.86 bits per heavy atom. The van der Waals surface area contributed by atoms with E-state index in [1.165, 1.54) is 28.8 Å². The maximum atomic E-state index is 13.2. The number of ketones is 1. The van der Waals surface area contributed by atoms with Gasteiger partial charge >= 0.3 is 12.1 Å². The summed E-state index contributed by atoms with van der Waals surface area (Å²) in [7, 11) is 1.51. The summed E-state index contributed by atoms with van der Waals surface area (Å²) < 4.78 is 6.92. The molecule has 1 heterocycles. The topological polar surface area (TPSA) is 146 Å². The van der Waals surface area contributed by atoms with Gasteiger partial charge < -0.3 is 20.5 Å². The number of ether oxygens (including phenoxy) is 1. The quantitative estimate of drug-likeness (QED) is 0.417. The summed E-state index contributed by atoms with van der Waals surface area (Å²) in [6, 6.07) is 10.0. The molecular weight excluding hydrogens is 504 g/mol. The van der Waals surface area contributed by atoms with Crippen LogP contribution in [-0.2, 0) is 31.4 Å². The molecule has 196 valence electrons. The first-order valence-corrected chi connectivity index (χ1v) is 12.0. The Hall–Kier alpha value is -3.99. The highest BCUT2D eigenvalue weighted by atomic mass is 35.5. The zero-order valence-corrected chi connectivity index (χ0v) is 21.0. The van der Waals surface area contributed by atoms with E-state index >= 15 is 0 Å². The zero-order valence-electron chi connectivity index (χ0n) is 20.2. The van der Waals surface area contributed by atoms with Gasteiger partial charge in [0.15, 0.2) is 18.2 Å². The molecule has 1 unspecified atom stereocenters. The van der Waals surface area contributed by atoms with E-state index in [0.29, 0.717) is 23.4 Å². The number of pyridine rings is 1. The number of aromatic nitrogens is 1. The number of nitrogens with one attached hydrogen (secondary N) is 2. The average molecular weight is 532 g/mol. The van der Waals surface area contributed by atoms with Crippen LogP contribution in [0.25, 0.3) is 0 Å². The molecule has 12 heteroatoms. The van der Waals surface area contributed by atoms with Crippen molar-refractivity contribution < 1.29 is 38.4 Å². The number of carbonyl (C=O) groups excluding carboxylic acids is 4. The number of nitrogens with zero attached hydrogens (tertiary/aromatic N) is 2. The molecule has 0 saturated heterocycles. The number of hydrogen-bond acceptors (Lipinski definition) is 6. The number of benzene rings is 1. The van der Waals surface area contributed by atoms with Gasteiger partial charge in [-0.2, -0.15) is 4.57 Å². The van der Waals surface area contributed by atoms with E-state index in [1.807, 2.05) is 0 Å². The van der Waals surface area contributed by atoms with Crippen molar-refractivity contribution in [2.24, 2.45) is 0 Å². The highest BCUT2D eigenvalue weighted by Crippen LogP contribution is 2.42. The summed E-state index contributed by atoms with van der Waals surface area (Å²) in [5.41, 5.74) is -0.492. The predicted octanol–water partition coefficient (Wildman–Crippen LogP) is 1.62. The van der Waals surface area contributed by atoms with Crippen LogP contribution in [0.4, 0.5) is 4.79 Å². The fraction of sp³-hybridized carbons (Fsp3) is 0.360. The summed E-state index contributed by atoms with van der Waals surface area (Å²) in [6.45, 7) is -1.20. The largest absolute Gasteiger partial charge is 0.480 e. The lowest BCUT2D eigenvalue weighted by Crippen LogP contribution is -2.55. The minimum atomic E-state index is -1.23. The Labute approximate surface area is 218 Å². The van der Waals surface area contributed by atoms with Crippen LogP contribution in [0.1, 0.15) is 41.6 Å².